The van der Waals surface area contributed by atoms with Gasteiger partial charge in [-0.2, -0.15) is 0 Å². The van der Waals surface area contributed by atoms with Gasteiger partial charge in [-0.25, -0.2) is 0 Å². The predicted molar refractivity (Wildman–Crippen MR) is 83.4 cm³/mol. The van der Waals surface area contributed by atoms with Crippen LogP contribution in [0.3, 0.4) is 0 Å². The smallest absolute Gasteiger partial charge is 0.230 e. The molecule has 0 radical (unpaired) electrons. The highest BCUT2D eigenvalue weighted by molar-refractivity contribution is 7.99. The number of carbonyl (C=O) groups excluding carboxylic acids is 1. The van der Waals surface area contributed by atoms with E-state index in [9.17, 15) is 4.79 Å². The van der Waals surface area contributed by atoms with Gasteiger partial charge >= 0.3 is 0 Å². The zero-order valence-corrected chi connectivity index (χ0v) is 13.5. The molecule has 1 heterocycles. The maximum atomic E-state index is 11.8. The summed E-state index contributed by atoms with van der Waals surface area (Å²) >= 11 is 1.51. The van der Waals surface area contributed by atoms with Gasteiger partial charge in [-0.1, -0.05) is 31.0 Å². The summed E-state index contributed by atoms with van der Waals surface area (Å²) < 4.78 is 2.20. The molecule has 3 rings (SSSR count). The van der Waals surface area contributed by atoms with Crippen LogP contribution in [0, 0.1) is 0 Å². The van der Waals surface area contributed by atoms with Crippen molar-refractivity contribution < 1.29 is 4.79 Å². The normalized spacial score (nSPS) is 19.7. The van der Waals surface area contributed by atoms with Gasteiger partial charge in [-0.05, 0) is 32.6 Å². The van der Waals surface area contributed by atoms with Crippen LogP contribution in [-0.4, -0.2) is 32.5 Å². The zero-order chi connectivity index (χ0) is 14.7. The van der Waals surface area contributed by atoms with Gasteiger partial charge in [0.2, 0.25) is 5.91 Å². The number of thioether (sulfide) groups is 1. The summed E-state index contributed by atoms with van der Waals surface area (Å²) in [5.74, 6) is 2.25. The third kappa shape index (κ3) is 3.78. The number of nitrogens with one attached hydrogen (secondary N) is 1. The van der Waals surface area contributed by atoms with Crippen molar-refractivity contribution >= 4 is 17.7 Å². The van der Waals surface area contributed by atoms with Crippen LogP contribution >= 0.6 is 11.8 Å². The SMILES string of the molecule is CCn1c(SCC(=O)NC2CC2)nnc1C1CCCCC1. The minimum Gasteiger partial charge on any atom is -0.353 e. The van der Waals surface area contributed by atoms with Crippen LogP contribution in [-0.2, 0) is 11.3 Å². The minimum absolute atomic E-state index is 0.118. The van der Waals surface area contributed by atoms with Crippen LogP contribution in [0.2, 0.25) is 0 Å². The van der Waals surface area contributed by atoms with Gasteiger partial charge < -0.3 is 9.88 Å². The molecule has 0 bridgehead atoms. The summed E-state index contributed by atoms with van der Waals surface area (Å²) in [7, 11) is 0. The average Bonchev–Trinajstić information content (AvgIpc) is 3.22. The van der Waals surface area contributed by atoms with Crippen LogP contribution in [0.25, 0.3) is 0 Å². The molecule has 6 heteroatoms. The van der Waals surface area contributed by atoms with E-state index in [2.05, 4.69) is 27.0 Å². The van der Waals surface area contributed by atoms with Gasteiger partial charge in [0.15, 0.2) is 5.16 Å². The topological polar surface area (TPSA) is 59.8 Å². The van der Waals surface area contributed by atoms with E-state index >= 15 is 0 Å². The van der Waals surface area contributed by atoms with E-state index in [-0.39, 0.29) is 5.91 Å². The van der Waals surface area contributed by atoms with Gasteiger partial charge in [0.25, 0.3) is 0 Å². The number of hydrogen-bond donors (Lipinski definition) is 1. The lowest BCUT2D eigenvalue weighted by Gasteiger charge is -2.21. The Morgan fingerprint density at radius 2 is 2.00 bits per heavy atom. The van der Waals surface area contributed by atoms with Crippen molar-refractivity contribution in [3.63, 3.8) is 0 Å². The molecule has 1 amide bonds. The van der Waals surface area contributed by atoms with Crippen molar-refractivity contribution in [1.29, 1.82) is 0 Å². The fourth-order valence-electron chi connectivity index (χ4n) is 2.99. The molecule has 0 spiro atoms. The first kappa shape index (κ1) is 14.9. The van der Waals surface area contributed by atoms with Crippen molar-refractivity contribution in [3.05, 3.63) is 5.82 Å². The fraction of sp³-hybridized carbons (Fsp3) is 0.800. The molecule has 2 fully saturated rings. The summed E-state index contributed by atoms with van der Waals surface area (Å²) in [6, 6.07) is 0.431. The van der Waals surface area contributed by atoms with Gasteiger partial charge in [-0.15, -0.1) is 10.2 Å². The Bertz CT molecular complexity index is 492. The van der Waals surface area contributed by atoms with E-state index in [0.29, 0.717) is 17.7 Å². The van der Waals surface area contributed by atoms with E-state index in [4.69, 9.17) is 0 Å². The van der Waals surface area contributed by atoms with E-state index in [1.807, 2.05) is 0 Å². The Balaban J connectivity index is 1.61. The summed E-state index contributed by atoms with van der Waals surface area (Å²) in [6.07, 6.45) is 8.66. The Labute approximate surface area is 130 Å². The van der Waals surface area contributed by atoms with Crippen LogP contribution in [0.15, 0.2) is 5.16 Å². The molecule has 5 nitrogen and oxygen atoms in total. The molecule has 1 aromatic rings. The summed E-state index contributed by atoms with van der Waals surface area (Å²) in [5.41, 5.74) is 0. The molecule has 0 unspecified atom stereocenters. The maximum Gasteiger partial charge on any atom is 0.230 e. The summed E-state index contributed by atoms with van der Waals surface area (Å²) in [4.78, 5) is 11.8. The molecule has 2 saturated carbocycles. The minimum atomic E-state index is 0.118. The van der Waals surface area contributed by atoms with Crippen molar-refractivity contribution in [2.45, 2.75) is 75.5 Å². The lowest BCUT2D eigenvalue weighted by molar-refractivity contribution is -0.118. The van der Waals surface area contributed by atoms with Gasteiger partial charge in [0.1, 0.15) is 5.82 Å². The molecular weight excluding hydrogens is 284 g/mol. The van der Waals surface area contributed by atoms with Gasteiger partial charge in [0, 0.05) is 18.5 Å². The number of rotatable bonds is 6. The van der Waals surface area contributed by atoms with Crippen LogP contribution in [0.1, 0.15) is 63.6 Å². The molecular formula is C15H24N4OS. The molecule has 2 aliphatic carbocycles. The first-order valence-corrected chi connectivity index (χ1v) is 9.11. The molecule has 21 heavy (non-hydrogen) atoms. The maximum absolute atomic E-state index is 11.8. The van der Waals surface area contributed by atoms with E-state index in [1.165, 1.54) is 43.9 Å². The van der Waals surface area contributed by atoms with Crippen molar-refractivity contribution in [2.24, 2.45) is 0 Å². The Morgan fingerprint density at radius 1 is 1.24 bits per heavy atom. The molecule has 1 aromatic heterocycles. The van der Waals surface area contributed by atoms with Crippen molar-refractivity contribution in [3.8, 4) is 0 Å². The first-order valence-electron chi connectivity index (χ1n) is 8.13. The van der Waals surface area contributed by atoms with E-state index in [1.54, 1.807) is 0 Å². The predicted octanol–water partition coefficient (Wildman–Crippen LogP) is 2.72. The van der Waals surface area contributed by atoms with Crippen molar-refractivity contribution in [2.75, 3.05) is 5.75 Å². The Morgan fingerprint density at radius 3 is 2.67 bits per heavy atom. The summed E-state index contributed by atoms with van der Waals surface area (Å²) in [5, 5.41) is 12.7. The third-order valence-corrected chi connectivity index (χ3v) is 5.27. The molecule has 0 aliphatic heterocycles. The second-order valence-electron chi connectivity index (χ2n) is 6.05. The quantitative estimate of drug-likeness (QED) is 0.821. The summed E-state index contributed by atoms with van der Waals surface area (Å²) in [6.45, 7) is 3.01. The van der Waals surface area contributed by atoms with Gasteiger partial charge in [0.05, 0.1) is 5.75 Å². The molecule has 2 aliphatic rings. The second-order valence-corrected chi connectivity index (χ2v) is 6.99. The van der Waals surface area contributed by atoms with Crippen LogP contribution in [0.4, 0.5) is 0 Å². The zero-order valence-electron chi connectivity index (χ0n) is 12.7. The standard InChI is InChI=1S/C15H24N4OS/c1-2-19-14(11-6-4-3-5-7-11)17-18-15(19)21-10-13(20)16-12-8-9-12/h11-12H,2-10H2,1H3,(H,16,20). The molecule has 1 N–H and O–H groups in total. The van der Waals surface area contributed by atoms with E-state index < -0.39 is 0 Å². The number of carbonyl (C=O) groups is 1. The third-order valence-electron chi connectivity index (χ3n) is 4.31. The number of hydrogen-bond acceptors (Lipinski definition) is 4. The average molecular weight is 308 g/mol. The van der Waals surface area contributed by atoms with Gasteiger partial charge in [-0.3, -0.25) is 4.79 Å². The van der Waals surface area contributed by atoms with Crippen LogP contribution in [0.5, 0.6) is 0 Å². The lowest BCUT2D eigenvalue weighted by atomic mass is 9.89. The number of nitrogens with zero attached hydrogens (tertiary/aromatic N) is 3. The Hall–Kier alpha value is -1.04. The largest absolute Gasteiger partial charge is 0.353 e. The number of aromatic nitrogens is 3. The molecule has 0 atom stereocenters. The Kier molecular flexibility index (Phi) is 4.83. The second kappa shape index (κ2) is 6.81. The lowest BCUT2D eigenvalue weighted by Crippen LogP contribution is -2.27. The number of amides is 1. The van der Waals surface area contributed by atoms with E-state index in [0.717, 1.165) is 30.4 Å². The fourth-order valence-corrected chi connectivity index (χ4v) is 3.81. The molecule has 0 saturated heterocycles. The highest BCUT2D eigenvalue weighted by atomic mass is 32.2. The van der Waals surface area contributed by atoms with Crippen LogP contribution < -0.4 is 5.32 Å². The molecule has 0 aromatic carbocycles. The highest BCUT2D eigenvalue weighted by Crippen LogP contribution is 2.33. The highest BCUT2D eigenvalue weighted by Gasteiger charge is 2.25. The molecule has 116 valence electrons. The van der Waals surface area contributed by atoms with Crippen molar-refractivity contribution in [1.82, 2.24) is 20.1 Å². The monoisotopic (exact) mass is 308 g/mol. The first-order chi connectivity index (χ1) is 10.3.